The molecule has 0 aliphatic heterocycles. The second-order valence-corrected chi connectivity index (χ2v) is 7.72. The second-order valence-electron chi connectivity index (χ2n) is 6.83. The van der Waals surface area contributed by atoms with Gasteiger partial charge in [-0.25, -0.2) is 4.98 Å². The Hall–Kier alpha value is -3.91. The molecule has 0 spiro atoms. The molecule has 0 saturated heterocycles. The molecular weight excluding hydrogens is 426 g/mol. The maximum absolute atomic E-state index is 12.4. The highest BCUT2D eigenvalue weighted by molar-refractivity contribution is 7.16. The molecule has 8 heteroatoms. The van der Waals surface area contributed by atoms with Crippen LogP contribution in [0.25, 0.3) is 10.2 Å². The van der Waals surface area contributed by atoms with Gasteiger partial charge in [0.25, 0.3) is 11.8 Å². The quantitative estimate of drug-likeness (QED) is 0.411. The van der Waals surface area contributed by atoms with Crippen molar-refractivity contribution >= 4 is 33.4 Å². The first-order valence-electron chi connectivity index (χ1n) is 10.0. The average molecular weight is 448 g/mol. The highest BCUT2D eigenvalue weighted by atomic mass is 32.1. The molecule has 1 aromatic heterocycles. The number of amides is 2. The molecule has 32 heavy (non-hydrogen) atoms. The summed E-state index contributed by atoms with van der Waals surface area (Å²) in [6, 6.07) is 19.6. The van der Waals surface area contributed by atoms with E-state index in [0.29, 0.717) is 24.3 Å². The minimum atomic E-state index is -0.406. The lowest BCUT2D eigenvalue weighted by molar-refractivity contribution is 0.0847. The maximum Gasteiger partial charge on any atom is 0.269 e. The van der Waals surface area contributed by atoms with Crippen molar-refractivity contribution in [2.24, 2.45) is 0 Å². The molecule has 0 radical (unpaired) electrons. The number of nitrogens with one attached hydrogen (secondary N) is 2. The number of aromatic nitrogens is 1. The van der Waals surface area contributed by atoms with Gasteiger partial charge in [0.1, 0.15) is 18.1 Å². The zero-order valence-corrected chi connectivity index (χ0v) is 18.1. The van der Waals surface area contributed by atoms with E-state index in [1.165, 1.54) is 11.3 Å². The van der Waals surface area contributed by atoms with Crippen LogP contribution >= 0.6 is 11.3 Å². The molecule has 4 rings (SSSR count). The van der Waals surface area contributed by atoms with Gasteiger partial charge >= 0.3 is 0 Å². The number of hydrogen-bond donors (Lipinski definition) is 2. The Kier molecular flexibility index (Phi) is 6.62. The van der Waals surface area contributed by atoms with E-state index in [-0.39, 0.29) is 0 Å². The average Bonchev–Trinajstić information content (AvgIpc) is 3.30. The molecule has 0 unspecified atom stereocenters. The van der Waals surface area contributed by atoms with Gasteiger partial charge in [0, 0.05) is 11.1 Å². The highest BCUT2D eigenvalue weighted by Gasteiger charge is 2.10. The maximum atomic E-state index is 12.4. The fourth-order valence-electron chi connectivity index (χ4n) is 2.97. The molecule has 0 saturated carbocycles. The van der Waals surface area contributed by atoms with Gasteiger partial charge in [-0.15, -0.1) is 11.3 Å². The van der Waals surface area contributed by atoms with Crippen LogP contribution in [-0.4, -0.2) is 23.4 Å². The van der Waals surface area contributed by atoms with Crippen LogP contribution in [-0.2, 0) is 6.61 Å². The smallest absolute Gasteiger partial charge is 0.269 e. The van der Waals surface area contributed by atoms with Gasteiger partial charge in [0.05, 0.1) is 22.3 Å². The van der Waals surface area contributed by atoms with Crippen molar-refractivity contribution in [3.8, 4) is 11.5 Å². The molecule has 3 aromatic carbocycles. The fourth-order valence-corrected chi connectivity index (χ4v) is 3.69. The number of rotatable bonds is 7. The summed E-state index contributed by atoms with van der Waals surface area (Å²) in [6.45, 7) is 2.92. The first kappa shape index (κ1) is 21.3. The molecule has 0 bridgehead atoms. The van der Waals surface area contributed by atoms with Crippen molar-refractivity contribution in [3.63, 3.8) is 0 Å². The number of carbonyl (C=O) groups excluding carboxylic acids is 2. The SMILES string of the molecule is CCOc1ccc(OCc2ccc(C(=O)NNC(=O)c3ccc4ncsc4c3)cc2)cc1. The first-order chi connectivity index (χ1) is 15.6. The molecule has 1 heterocycles. The largest absolute Gasteiger partial charge is 0.494 e. The second kappa shape index (κ2) is 9.93. The molecule has 7 nitrogen and oxygen atoms in total. The summed E-state index contributed by atoms with van der Waals surface area (Å²) >= 11 is 1.45. The van der Waals surface area contributed by atoms with Crippen LogP contribution in [0.1, 0.15) is 33.2 Å². The van der Waals surface area contributed by atoms with E-state index in [9.17, 15) is 9.59 Å². The normalized spacial score (nSPS) is 10.5. The third-order valence-corrected chi connectivity index (χ3v) is 5.43. The number of thiazole rings is 1. The lowest BCUT2D eigenvalue weighted by Gasteiger charge is -2.09. The van der Waals surface area contributed by atoms with Crippen LogP contribution in [0.3, 0.4) is 0 Å². The Morgan fingerprint density at radius 3 is 2.16 bits per heavy atom. The monoisotopic (exact) mass is 447 g/mol. The predicted molar refractivity (Wildman–Crippen MR) is 123 cm³/mol. The number of fused-ring (bicyclic) bond motifs is 1. The van der Waals surface area contributed by atoms with Crippen LogP contribution in [0.2, 0.25) is 0 Å². The van der Waals surface area contributed by atoms with E-state index in [1.807, 2.05) is 43.3 Å². The lowest BCUT2D eigenvalue weighted by Crippen LogP contribution is -2.41. The Labute approximate surface area is 189 Å². The van der Waals surface area contributed by atoms with Gasteiger partial charge in [-0.05, 0) is 67.1 Å². The van der Waals surface area contributed by atoms with Crippen LogP contribution < -0.4 is 20.3 Å². The standard InChI is InChI=1S/C24H21N3O4S/c1-2-30-19-8-10-20(11-9-19)31-14-16-3-5-17(6-4-16)23(28)26-27-24(29)18-7-12-21-22(13-18)32-15-25-21/h3-13,15H,2,14H2,1H3,(H,26,28)(H,27,29). The number of hydrogen-bond acceptors (Lipinski definition) is 6. The summed E-state index contributed by atoms with van der Waals surface area (Å²) in [4.78, 5) is 28.8. The zero-order chi connectivity index (χ0) is 22.3. The van der Waals surface area contributed by atoms with Gasteiger partial charge in [-0.2, -0.15) is 0 Å². The topological polar surface area (TPSA) is 89.5 Å². The van der Waals surface area contributed by atoms with Gasteiger partial charge in [-0.1, -0.05) is 12.1 Å². The molecule has 162 valence electrons. The Morgan fingerprint density at radius 2 is 1.47 bits per heavy atom. The van der Waals surface area contributed by atoms with Crippen LogP contribution in [0.15, 0.2) is 72.2 Å². The Bertz CT molecular complexity index is 1220. The summed E-state index contributed by atoms with van der Waals surface area (Å²) in [5.74, 6) is 0.728. The molecular formula is C24H21N3O4S. The van der Waals surface area contributed by atoms with Crippen molar-refractivity contribution in [2.45, 2.75) is 13.5 Å². The predicted octanol–water partition coefficient (Wildman–Crippen LogP) is 4.35. The van der Waals surface area contributed by atoms with E-state index < -0.39 is 11.8 Å². The van der Waals surface area contributed by atoms with Gasteiger partial charge < -0.3 is 9.47 Å². The summed E-state index contributed by atoms with van der Waals surface area (Å²) in [6.07, 6.45) is 0. The van der Waals surface area contributed by atoms with Gasteiger partial charge in [-0.3, -0.25) is 20.4 Å². The zero-order valence-electron chi connectivity index (χ0n) is 17.3. The van der Waals surface area contributed by atoms with Gasteiger partial charge in [0.15, 0.2) is 0 Å². The van der Waals surface area contributed by atoms with Gasteiger partial charge in [0.2, 0.25) is 0 Å². The molecule has 0 aliphatic carbocycles. The number of nitrogens with zero attached hydrogens (tertiary/aromatic N) is 1. The third kappa shape index (κ3) is 5.22. The molecule has 0 atom stereocenters. The van der Waals surface area contributed by atoms with Crippen molar-refractivity contribution in [1.82, 2.24) is 15.8 Å². The first-order valence-corrected chi connectivity index (χ1v) is 10.9. The van der Waals surface area contributed by atoms with Crippen molar-refractivity contribution < 1.29 is 19.1 Å². The molecule has 2 amide bonds. The number of ether oxygens (including phenoxy) is 2. The van der Waals surface area contributed by atoms with Crippen molar-refractivity contribution in [2.75, 3.05) is 6.61 Å². The lowest BCUT2D eigenvalue weighted by atomic mass is 10.1. The van der Waals surface area contributed by atoms with E-state index in [4.69, 9.17) is 9.47 Å². The van der Waals surface area contributed by atoms with E-state index >= 15 is 0 Å². The van der Waals surface area contributed by atoms with Crippen molar-refractivity contribution in [1.29, 1.82) is 0 Å². The minimum Gasteiger partial charge on any atom is -0.494 e. The Balaban J connectivity index is 1.28. The minimum absolute atomic E-state index is 0.368. The number of hydrazine groups is 1. The van der Waals surface area contributed by atoms with Crippen molar-refractivity contribution in [3.05, 3.63) is 88.9 Å². The Morgan fingerprint density at radius 1 is 0.844 bits per heavy atom. The summed E-state index contributed by atoms with van der Waals surface area (Å²) in [5.41, 5.74) is 9.22. The van der Waals surface area contributed by atoms with Crippen LogP contribution in [0, 0.1) is 0 Å². The third-order valence-electron chi connectivity index (χ3n) is 4.64. The van der Waals surface area contributed by atoms with E-state index in [0.717, 1.165) is 27.3 Å². The van der Waals surface area contributed by atoms with Crippen LogP contribution in [0.4, 0.5) is 0 Å². The molecule has 0 aliphatic rings. The number of carbonyl (C=O) groups is 2. The summed E-state index contributed by atoms with van der Waals surface area (Å²) in [5, 5.41) is 0. The highest BCUT2D eigenvalue weighted by Crippen LogP contribution is 2.20. The summed E-state index contributed by atoms with van der Waals surface area (Å²) in [7, 11) is 0. The van der Waals surface area contributed by atoms with E-state index in [1.54, 1.807) is 35.8 Å². The summed E-state index contributed by atoms with van der Waals surface area (Å²) < 4.78 is 12.1. The molecule has 2 N–H and O–H groups in total. The van der Waals surface area contributed by atoms with E-state index in [2.05, 4.69) is 15.8 Å². The fraction of sp³-hybridized carbons (Fsp3) is 0.125. The molecule has 0 fully saturated rings. The van der Waals surface area contributed by atoms with Crippen LogP contribution in [0.5, 0.6) is 11.5 Å². The molecule has 4 aromatic rings. The number of benzene rings is 3.